The molecule has 2 heterocycles. The van der Waals surface area contributed by atoms with Gasteiger partial charge in [-0.15, -0.1) is 0 Å². The summed E-state index contributed by atoms with van der Waals surface area (Å²) in [4.78, 5) is 29.6. The standard InChI is InChI=1S/C25H28ClN3O3/c1-3-20(23-15-18-7-4-5-9-22(18)32-23)27-25(31)29-14-6-8-21(29)24(30)28(2)16-17-10-12-19(26)13-11-17/h4-5,7,9-13,15,20-21H,3,6,8,14,16H2,1-2H3,(H,27,31)/t20-,21-/m1/s1. The summed E-state index contributed by atoms with van der Waals surface area (Å²) in [6.07, 6.45) is 2.16. The van der Waals surface area contributed by atoms with Crippen molar-refractivity contribution in [3.05, 3.63) is 70.9 Å². The lowest BCUT2D eigenvalue weighted by molar-refractivity contribution is -0.134. The minimum Gasteiger partial charge on any atom is -0.459 e. The fraction of sp³-hybridized carbons (Fsp3) is 0.360. The number of carbonyl (C=O) groups is 2. The van der Waals surface area contributed by atoms with Crippen LogP contribution in [0.3, 0.4) is 0 Å². The highest BCUT2D eigenvalue weighted by molar-refractivity contribution is 6.30. The van der Waals surface area contributed by atoms with E-state index in [1.807, 2.05) is 61.5 Å². The number of furan rings is 1. The fourth-order valence-corrected chi connectivity index (χ4v) is 4.37. The number of carbonyl (C=O) groups excluding carboxylic acids is 2. The van der Waals surface area contributed by atoms with E-state index in [1.165, 1.54) is 0 Å². The number of rotatable bonds is 6. The molecule has 4 rings (SSSR count). The van der Waals surface area contributed by atoms with Crippen LogP contribution in [-0.2, 0) is 11.3 Å². The fourth-order valence-electron chi connectivity index (χ4n) is 4.24. The van der Waals surface area contributed by atoms with Crippen LogP contribution in [0.25, 0.3) is 11.0 Å². The van der Waals surface area contributed by atoms with Crippen LogP contribution in [0.2, 0.25) is 5.02 Å². The molecule has 1 aliphatic rings. The maximum absolute atomic E-state index is 13.1. The molecule has 0 saturated carbocycles. The first-order chi connectivity index (χ1) is 15.5. The molecule has 3 amide bonds. The molecule has 0 aliphatic carbocycles. The van der Waals surface area contributed by atoms with E-state index in [2.05, 4.69) is 5.32 Å². The van der Waals surface area contributed by atoms with Gasteiger partial charge in [-0.1, -0.05) is 48.9 Å². The monoisotopic (exact) mass is 453 g/mol. The van der Waals surface area contributed by atoms with Crippen molar-refractivity contribution < 1.29 is 14.0 Å². The van der Waals surface area contributed by atoms with Crippen molar-refractivity contribution in [3.8, 4) is 0 Å². The second-order valence-electron chi connectivity index (χ2n) is 8.27. The summed E-state index contributed by atoms with van der Waals surface area (Å²) in [5.41, 5.74) is 1.79. The summed E-state index contributed by atoms with van der Waals surface area (Å²) in [5.74, 6) is 0.674. The Morgan fingerprint density at radius 1 is 1.22 bits per heavy atom. The molecular formula is C25H28ClN3O3. The van der Waals surface area contributed by atoms with Gasteiger partial charge in [-0.3, -0.25) is 4.79 Å². The van der Waals surface area contributed by atoms with Gasteiger partial charge in [0.05, 0.1) is 6.04 Å². The Balaban J connectivity index is 1.42. The lowest BCUT2D eigenvalue weighted by atomic mass is 10.1. The van der Waals surface area contributed by atoms with E-state index in [9.17, 15) is 9.59 Å². The van der Waals surface area contributed by atoms with Crippen molar-refractivity contribution in [3.63, 3.8) is 0 Å². The average Bonchev–Trinajstić information content (AvgIpc) is 3.45. The zero-order chi connectivity index (χ0) is 22.7. The zero-order valence-electron chi connectivity index (χ0n) is 18.4. The van der Waals surface area contributed by atoms with Crippen molar-refractivity contribution in [2.24, 2.45) is 0 Å². The van der Waals surface area contributed by atoms with Crippen LogP contribution in [0.4, 0.5) is 4.79 Å². The first-order valence-corrected chi connectivity index (χ1v) is 11.4. The minimum absolute atomic E-state index is 0.0515. The van der Waals surface area contributed by atoms with Crippen LogP contribution < -0.4 is 5.32 Å². The summed E-state index contributed by atoms with van der Waals surface area (Å²) in [5, 5.41) is 4.74. The molecule has 2 atom stereocenters. The molecule has 3 aromatic rings. The molecule has 0 bridgehead atoms. The van der Waals surface area contributed by atoms with Gasteiger partial charge in [-0.25, -0.2) is 4.79 Å². The van der Waals surface area contributed by atoms with Crippen LogP contribution >= 0.6 is 11.6 Å². The highest BCUT2D eigenvalue weighted by Crippen LogP contribution is 2.27. The van der Waals surface area contributed by atoms with E-state index in [0.717, 1.165) is 28.7 Å². The Kier molecular flexibility index (Phi) is 6.70. The molecular weight excluding hydrogens is 426 g/mol. The maximum Gasteiger partial charge on any atom is 0.318 e. The number of likely N-dealkylation sites (N-methyl/N-ethyl adjacent to an activating group) is 1. The van der Waals surface area contributed by atoms with E-state index >= 15 is 0 Å². The smallest absolute Gasteiger partial charge is 0.318 e. The van der Waals surface area contributed by atoms with Crippen LogP contribution in [0.5, 0.6) is 0 Å². The number of urea groups is 1. The molecule has 0 unspecified atom stereocenters. The molecule has 1 N–H and O–H groups in total. The van der Waals surface area contributed by atoms with E-state index < -0.39 is 6.04 Å². The molecule has 2 aromatic carbocycles. The molecule has 7 heteroatoms. The number of nitrogens with zero attached hydrogens (tertiary/aromatic N) is 2. The van der Waals surface area contributed by atoms with E-state index in [0.29, 0.717) is 31.0 Å². The topological polar surface area (TPSA) is 65.8 Å². The van der Waals surface area contributed by atoms with Crippen molar-refractivity contribution in [1.82, 2.24) is 15.1 Å². The van der Waals surface area contributed by atoms with Crippen molar-refractivity contribution in [2.45, 2.75) is 44.8 Å². The molecule has 6 nitrogen and oxygen atoms in total. The third-order valence-corrected chi connectivity index (χ3v) is 6.25. The summed E-state index contributed by atoms with van der Waals surface area (Å²) < 4.78 is 5.95. The first kappa shape index (κ1) is 22.2. The predicted molar refractivity (Wildman–Crippen MR) is 125 cm³/mol. The molecule has 0 radical (unpaired) electrons. The maximum atomic E-state index is 13.1. The highest BCUT2D eigenvalue weighted by atomic mass is 35.5. The van der Waals surface area contributed by atoms with Gasteiger partial charge in [-0.2, -0.15) is 0 Å². The number of likely N-dealkylation sites (tertiary alicyclic amines) is 1. The second kappa shape index (κ2) is 9.65. The summed E-state index contributed by atoms with van der Waals surface area (Å²) in [6, 6.07) is 16.3. The molecule has 1 fully saturated rings. The van der Waals surface area contributed by atoms with Gasteiger partial charge < -0.3 is 19.5 Å². The third-order valence-electron chi connectivity index (χ3n) is 6.00. The number of amides is 3. The molecule has 32 heavy (non-hydrogen) atoms. The molecule has 0 spiro atoms. The number of hydrogen-bond donors (Lipinski definition) is 1. The molecule has 168 valence electrons. The van der Waals surface area contributed by atoms with E-state index in [-0.39, 0.29) is 18.0 Å². The van der Waals surface area contributed by atoms with Crippen LogP contribution in [0.15, 0.2) is 59.0 Å². The number of fused-ring (bicyclic) bond motifs is 1. The number of nitrogens with one attached hydrogen (secondary N) is 1. The van der Waals surface area contributed by atoms with Crippen LogP contribution in [0.1, 0.15) is 43.6 Å². The number of para-hydroxylation sites is 1. The predicted octanol–water partition coefficient (Wildman–Crippen LogP) is 5.37. The highest BCUT2D eigenvalue weighted by Gasteiger charge is 2.36. The average molecular weight is 454 g/mol. The number of benzene rings is 2. The number of hydrogen-bond acceptors (Lipinski definition) is 3. The zero-order valence-corrected chi connectivity index (χ0v) is 19.1. The van der Waals surface area contributed by atoms with Crippen molar-refractivity contribution in [2.75, 3.05) is 13.6 Å². The normalized spacial score (nSPS) is 16.8. The molecule has 1 saturated heterocycles. The van der Waals surface area contributed by atoms with Gasteiger partial charge in [0.1, 0.15) is 17.4 Å². The lowest BCUT2D eigenvalue weighted by Gasteiger charge is -2.29. The van der Waals surface area contributed by atoms with Gasteiger partial charge in [0.15, 0.2) is 0 Å². The summed E-state index contributed by atoms with van der Waals surface area (Å²) in [7, 11) is 1.77. The summed E-state index contributed by atoms with van der Waals surface area (Å²) in [6.45, 7) is 3.04. The Morgan fingerprint density at radius 3 is 2.69 bits per heavy atom. The number of halogens is 1. The summed E-state index contributed by atoms with van der Waals surface area (Å²) >= 11 is 5.95. The van der Waals surface area contributed by atoms with Gasteiger partial charge >= 0.3 is 6.03 Å². The van der Waals surface area contributed by atoms with Gasteiger partial charge in [0.2, 0.25) is 5.91 Å². The van der Waals surface area contributed by atoms with Crippen molar-refractivity contribution in [1.29, 1.82) is 0 Å². The molecule has 1 aromatic heterocycles. The Morgan fingerprint density at radius 2 is 1.97 bits per heavy atom. The second-order valence-corrected chi connectivity index (χ2v) is 8.71. The molecule has 1 aliphatic heterocycles. The SMILES string of the molecule is CC[C@@H](NC(=O)N1CCC[C@@H]1C(=O)N(C)Cc1ccc(Cl)cc1)c1cc2ccccc2o1. The van der Waals surface area contributed by atoms with Gasteiger partial charge in [0.25, 0.3) is 0 Å². The largest absolute Gasteiger partial charge is 0.459 e. The Hall–Kier alpha value is -2.99. The lowest BCUT2D eigenvalue weighted by Crippen LogP contribution is -2.50. The quantitative estimate of drug-likeness (QED) is 0.545. The minimum atomic E-state index is -0.458. The van der Waals surface area contributed by atoms with Crippen LogP contribution in [-0.4, -0.2) is 41.4 Å². The Labute approximate surface area is 193 Å². The van der Waals surface area contributed by atoms with E-state index in [4.69, 9.17) is 16.0 Å². The first-order valence-electron chi connectivity index (χ1n) is 11.0. The van der Waals surface area contributed by atoms with Crippen LogP contribution in [0, 0.1) is 0 Å². The third kappa shape index (κ3) is 4.75. The Bertz CT molecular complexity index is 1060. The van der Waals surface area contributed by atoms with E-state index in [1.54, 1.807) is 16.8 Å². The van der Waals surface area contributed by atoms with Crippen molar-refractivity contribution >= 4 is 34.5 Å². The van der Waals surface area contributed by atoms with Gasteiger partial charge in [0, 0.05) is 30.5 Å². The van der Waals surface area contributed by atoms with Gasteiger partial charge in [-0.05, 0) is 49.1 Å².